The molecule has 0 radical (unpaired) electrons. The minimum Gasteiger partial charge on any atom is -0.326 e. The number of hydrogen-bond donors (Lipinski definition) is 1. The maximum Gasteiger partial charge on any atom is 0.274 e. The predicted octanol–water partition coefficient (Wildman–Crippen LogP) is 2.41. The number of imide groups is 1. The zero-order valence-electron chi connectivity index (χ0n) is 14.6. The Labute approximate surface area is 150 Å². The second kappa shape index (κ2) is 7.23. The molecule has 0 bridgehead atoms. The summed E-state index contributed by atoms with van der Waals surface area (Å²) in [5.74, 6) is -1.17. The summed E-state index contributed by atoms with van der Waals surface area (Å²) >= 11 is 0. The highest BCUT2D eigenvalue weighted by Crippen LogP contribution is 2.38. The molecule has 3 amide bonds. The zero-order valence-corrected chi connectivity index (χ0v) is 14.6. The highest BCUT2D eigenvalue weighted by Gasteiger charge is 2.47. The van der Waals surface area contributed by atoms with Gasteiger partial charge in [-0.05, 0) is 25.8 Å². The Morgan fingerprint density at radius 3 is 2.42 bits per heavy atom. The summed E-state index contributed by atoms with van der Waals surface area (Å²) in [6, 6.07) is 4.45. The quantitative estimate of drug-likeness (QED) is 0.493. The summed E-state index contributed by atoms with van der Waals surface area (Å²) in [6.45, 7) is 1.66. The number of carbonyl (C=O) groups excluding carboxylic acids is 3. The highest BCUT2D eigenvalue weighted by molar-refractivity contribution is 6.05. The normalized spacial score (nSPS) is 22.3. The molecular weight excluding hydrogens is 338 g/mol. The first-order valence-corrected chi connectivity index (χ1v) is 8.78. The molecule has 1 aliphatic carbocycles. The fourth-order valence-corrected chi connectivity index (χ4v) is 3.77. The van der Waals surface area contributed by atoms with Gasteiger partial charge in [0.2, 0.25) is 17.7 Å². The Hall–Kier alpha value is -2.77. The van der Waals surface area contributed by atoms with E-state index in [1.54, 1.807) is 19.1 Å². The summed E-state index contributed by atoms with van der Waals surface area (Å²) in [6.07, 6.45) is 3.37. The van der Waals surface area contributed by atoms with Crippen molar-refractivity contribution in [3.8, 4) is 0 Å². The Morgan fingerprint density at radius 2 is 1.85 bits per heavy atom. The number of likely N-dealkylation sites (tertiary alicyclic amines) is 1. The Bertz CT molecular complexity index is 752. The molecule has 0 spiro atoms. The van der Waals surface area contributed by atoms with Gasteiger partial charge in [0.15, 0.2) is 0 Å². The maximum absolute atomic E-state index is 12.4. The monoisotopic (exact) mass is 359 g/mol. The summed E-state index contributed by atoms with van der Waals surface area (Å²) in [5, 5.41) is 13.6. The van der Waals surface area contributed by atoms with Gasteiger partial charge in [-0.15, -0.1) is 0 Å². The zero-order chi connectivity index (χ0) is 18.8. The molecule has 26 heavy (non-hydrogen) atoms. The van der Waals surface area contributed by atoms with Crippen molar-refractivity contribution >= 4 is 29.1 Å². The molecule has 1 heterocycles. The first-order chi connectivity index (χ1) is 12.4. The van der Waals surface area contributed by atoms with Gasteiger partial charge in [-0.3, -0.25) is 29.4 Å². The second-order valence-electron chi connectivity index (χ2n) is 6.88. The largest absolute Gasteiger partial charge is 0.326 e. The maximum atomic E-state index is 12.4. The average molecular weight is 359 g/mol. The number of nitrogens with one attached hydrogen (secondary N) is 1. The van der Waals surface area contributed by atoms with Gasteiger partial charge >= 0.3 is 0 Å². The molecule has 8 heteroatoms. The van der Waals surface area contributed by atoms with E-state index in [2.05, 4.69) is 5.32 Å². The van der Waals surface area contributed by atoms with Crippen molar-refractivity contribution in [2.75, 3.05) is 11.9 Å². The van der Waals surface area contributed by atoms with Crippen LogP contribution in [0.1, 0.15) is 37.7 Å². The lowest BCUT2D eigenvalue weighted by molar-refractivity contribution is -0.385. The van der Waals surface area contributed by atoms with Crippen molar-refractivity contribution in [3.05, 3.63) is 33.9 Å². The van der Waals surface area contributed by atoms with E-state index in [1.807, 2.05) is 0 Å². The number of nitrogens with zero attached hydrogens (tertiary/aromatic N) is 2. The second-order valence-corrected chi connectivity index (χ2v) is 6.88. The molecule has 0 aromatic heterocycles. The predicted molar refractivity (Wildman–Crippen MR) is 93.2 cm³/mol. The van der Waals surface area contributed by atoms with E-state index in [0.29, 0.717) is 11.3 Å². The molecule has 3 rings (SSSR count). The van der Waals surface area contributed by atoms with Crippen molar-refractivity contribution in [2.45, 2.75) is 39.0 Å². The van der Waals surface area contributed by atoms with Crippen LogP contribution in [0, 0.1) is 28.9 Å². The summed E-state index contributed by atoms with van der Waals surface area (Å²) < 4.78 is 0. The third-order valence-corrected chi connectivity index (χ3v) is 5.18. The van der Waals surface area contributed by atoms with E-state index in [9.17, 15) is 24.5 Å². The molecule has 2 atom stereocenters. The number of hydrogen-bond acceptors (Lipinski definition) is 5. The number of nitro benzene ring substituents is 1. The molecule has 138 valence electrons. The number of anilines is 1. The van der Waals surface area contributed by atoms with Crippen molar-refractivity contribution in [2.24, 2.45) is 11.8 Å². The van der Waals surface area contributed by atoms with Gasteiger partial charge < -0.3 is 5.32 Å². The lowest BCUT2D eigenvalue weighted by Crippen LogP contribution is -2.34. The third kappa shape index (κ3) is 3.44. The molecule has 1 aromatic carbocycles. The average Bonchev–Trinajstić information content (AvgIpc) is 2.86. The highest BCUT2D eigenvalue weighted by atomic mass is 16.6. The first kappa shape index (κ1) is 18.0. The smallest absolute Gasteiger partial charge is 0.274 e. The van der Waals surface area contributed by atoms with Crippen molar-refractivity contribution in [1.82, 2.24) is 4.90 Å². The molecule has 1 N–H and O–H groups in total. The van der Waals surface area contributed by atoms with Crippen molar-refractivity contribution in [1.29, 1.82) is 0 Å². The summed E-state index contributed by atoms with van der Waals surface area (Å²) in [7, 11) is 0. The Kier molecular flexibility index (Phi) is 5.01. The Morgan fingerprint density at radius 1 is 1.23 bits per heavy atom. The van der Waals surface area contributed by atoms with E-state index < -0.39 is 10.8 Å². The van der Waals surface area contributed by atoms with Crippen LogP contribution in [0.25, 0.3) is 0 Å². The van der Waals surface area contributed by atoms with E-state index in [4.69, 9.17) is 0 Å². The fourth-order valence-electron chi connectivity index (χ4n) is 3.77. The minimum atomic E-state index is -0.506. The van der Waals surface area contributed by atoms with Crippen LogP contribution in [0.5, 0.6) is 0 Å². The molecule has 2 aliphatic rings. The van der Waals surface area contributed by atoms with Gasteiger partial charge in [-0.25, -0.2) is 0 Å². The van der Waals surface area contributed by atoms with Crippen LogP contribution in [-0.4, -0.2) is 34.1 Å². The Balaban J connectivity index is 1.59. The van der Waals surface area contributed by atoms with Crippen molar-refractivity contribution < 1.29 is 19.3 Å². The third-order valence-electron chi connectivity index (χ3n) is 5.18. The van der Waals surface area contributed by atoms with Crippen LogP contribution in [0.2, 0.25) is 0 Å². The van der Waals surface area contributed by atoms with Crippen molar-refractivity contribution in [3.63, 3.8) is 0 Å². The standard InChI is InChI=1S/C18H21N3O5/c1-11-6-7-12(10-15(11)21(25)26)19-16(22)8-9-20-17(23)13-4-2-3-5-14(13)18(20)24/h6-7,10,13-14H,2-5,8-9H2,1H3,(H,19,22)/t13-,14-/m1/s1. The number of amides is 3. The summed E-state index contributed by atoms with van der Waals surface area (Å²) in [5.41, 5.74) is 0.751. The molecule has 2 fully saturated rings. The summed E-state index contributed by atoms with van der Waals surface area (Å²) in [4.78, 5) is 48.6. The number of carbonyl (C=O) groups is 3. The lowest BCUT2D eigenvalue weighted by Gasteiger charge is -2.19. The van der Waals surface area contributed by atoms with E-state index in [-0.39, 0.29) is 42.3 Å². The molecule has 8 nitrogen and oxygen atoms in total. The minimum absolute atomic E-state index is 0.0292. The van der Waals surface area contributed by atoms with Crippen LogP contribution in [0.3, 0.4) is 0 Å². The molecule has 1 aliphatic heterocycles. The van der Waals surface area contributed by atoms with E-state index in [1.165, 1.54) is 11.0 Å². The molecule has 0 unspecified atom stereocenters. The topological polar surface area (TPSA) is 110 Å². The van der Waals surface area contributed by atoms with Gasteiger partial charge in [-0.1, -0.05) is 18.9 Å². The number of rotatable bonds is 5. The number of fused-ring (bicyclic) bond motifs is 1. The van der Waals surface area contributed by atoms with Gasteiger partial charge in [0.1, 0.15) is 0 Å². The SMILES string of the molecule is Cc1ccc(NC(=O)CCN2C(=O)[C@@H]3CCCC[C@H]3C2=O)cc1[N+](=O)[O-]. The van der Waals surface area contributed by atoms with Gasteiger partial charge in [-0.2, -0.15) is 0 Å². The van der Waals surface area contributed by atoms with Crippen LogP contribution in [0.15, 0.2) is 18.2 Å². The van der Waals surface area contributed by atoms with Gasteiger partial charge in [0.25, 0.3) is 5.69 Å². The molecule has 1 aromatic rings. The molecule has 1 saturated heterocycles. The van der Waals surface area contributed by atoms with E-state index >= 15 is 0 Å². The molecule has 1 saturated carbocycles. The van der Waals surface area contributed by atoms with E-state index in [0.717, 1.165) is 25.7 Å². The number of aryl methyl sites for hydroxylation is 1. The van der Waals surface area contributed by atoms with Crippen LogP contribution >= 0.6 is 0 Å². The van der Waals surface area contributed by atoms with Crippen LogP contribution < -0.4 is 5.32 Å². The van der Waals surface area contributed by atoms with Gasteiger partial charge in [0.05, 0.1) is 16.8 Å². The fraction of sp³-hybridized carbons (Fsp3) is 0.500. The number of nitro groups is 1. The van der Waals surface area contributed by atoms with Crippen LogP contribution in [0.4, 0.5) is 11.4 Å². The first-order valence-electron chi connectivity index (χ1n) is 8.78. The number of benzene rings is 1. The van der Waals surface area contributed by atoms with Gasteiger partial charge in [0, 0.05) is 30.3 Å². The van der Waals surface area contributed by atoms with Crippen LogP contribution in [-0.2, 0) is 14.4 Å². The molecular formula is C18H21N3O5. The lowest BCUT2D eigenvalue weighted by atomic mass is 9.81.